The normalized spacial score (nSPS) is 30.4. The van der Waals surface area contributed by atoms with Gasteiger partial charge in [0, 0.05) is 19.1 Å². The Labute approximate surface area is 462 Å². The summed E-state index contributed by atoms with van der Waals surface area (Å²) >= 11 is 0. The van der Waals surface area contributed by atoms with Crippen molar-refractivity contribution in [3.63, 3.8) is 0 Å². The van der Waals surface area contributed by atoms with Crippen LogP contribution in [0, 0.1) is 5.92 Å². The third-order valence-corrected chi connectivity index (χ3v) is 17.8. The van der Waals surface area contributed by atoms with Gasteiger partial charge in [0.2, 0.25) is 19.5 Å². The van der Waals surface area contributed by atoms with Crippen molar-refractivity contribution in [2.45, 2.75) is 168 Å². The van der Waals surface area contributed by atoms with E-state index in [1.807, 2.05) is 0 Å². The van der Waals surface area contributed by atoms with Gasteiger partial charge in [-0.3, -0.25) is 19.3 Å². The Morgan fingerprint density at radius 1 is 0.637 bits per heavy atom. The van der Waals surface area contributed by atoms with Gasteiger partial charge in [-0.25, -0.2) is 9.59 Å². The quantitative estimate of drug-likeness (QED) is 0.0710. The lowest BCUT2D eigenvalue weighted by molar-refractivity contribution is -0.234. The summed E-state index contributed by atoms with van der Waals surface area (Å²) in [5.74, 6) is -12.8. The first-order valence-corrected chi connectivity index (χ1v) is 27.0. The number of aliphatic hydroxyl groups is 6. The zero-order chi connectivity index (χ0) is 57.8. The minimum atomic E-state index is -2.76. The summed E-state index contributed by atoms with van der Waals surface area (Å²) in [6, 6.07) is 6.30. The number of nitrogens with zero attached hydrogens (tertiary/aromatic N) is 2. The number of benzene rings is 2. The highest BCUT2D eigenvalue weighted by atomic mass is 16.7. The maximum atomic E-state index is 15.9. The van der Waals surface area contributed by atoms with E-state index in [2.05, 4.69) is 4.90 Å². The van der Waals surface area contributed by atoms with Crippen molar-refractivity contribution in [3.8, 4) is 23.0 Å². The van der Waals surface area contributed by atoms with Crippen molar-refractivity contribution in [1.82, 2.24) is 9.80 Å². The second-order valence-corrected chi connectivity index (χ2v) is 23.9. The molecule has 436 valence electrons. The van der Waals surface area contributed by atoms with E-state index < -0.39 is 112 Å². The zero-order valence-corrected chi connectivity index (χ0v) is 46.3. The van der Waals surface area contributed by atoms with Crippen molar-refractivity contribution in [2.75, 3.05) is 55.1 Å². The number of carbonyl (C=O) groups excluding carboxylic acids is 5. The van der Waals surface area contributed by atoms with Crippen LogP contribution in [0.4, 0.5) is 0 Å². The summed E-state index contributed by atoms with van der Waals surface area (Å²) in [6.45, 7) is 6.25. The van der Waals surface area contributed by atoms with Crippen molar-refractivity contribution in [3.05, 3.63) is 70.2 Å². The van der Waals surface area contributed by atoms with Gasteiger partial charge in [-0.05, 0) is 151 Å². The number of fused-ring (bicyclic) bond motifs is 6. The number of methoxy groups -OCH3 is 4. The first-order valence-electron chi connectivity index (χ1n) is 27.0. The van der Waals surface area contributed by atoms with Gasteiger partial charge in [0.05, 0.1) is 81.3 Å². The van der Waals surface area contributed by atoms with Crippen LogP contribution in [0.15, 0.2) is 47.9 Å². The molecule has 6 heterocycles. The van der Waals surface area contributed by atoms with E-state index in [9.17, 15) is 49.8 Å². The van der Waals surface area contributed by atoms with Gasteiger partial charge in [-0.1, -0.05) is 0 Å². The van der Waals surface area contributed by atoms with Crippen LogP contribution in [-0.4, -0.2) is 176 Å². The Morgan fingerprint density at radius 3 is 1.59 bits per heavy atom. The van der Waals surface area contributed by atoms with E-state index in [0.717, 1.165) is 14.2 Å². The first-order chi connectivity index (χ1) is 37.6. The molecule has 6 N–H and O–H groups in total. The summed E-state index contributed by atoms with van der Waals surface area (Å²) in [7, 11) is 4.75. The second kappa shape index (κ2) is 20.0. The molecule has 23 nitrogen and oxygen atoms in total. The lowest BCUT2D eigenvalue weighted by Gasteiger charge is -2.44. The molecule has 0 bridgehead atoms. The molecule has 2 unspecified atom stereocenters. The van der Waals surface area contributed by atoms with Crippen molar-refractivity contribution in [2.24, 2.45) is 5.92 Å². The molecule has 2 spiro atoms. The summed E-state index contributed by atoms with van der Waals surface area (Å²) in [5, 5.41) is 72.2. The van der Waals surface area contributed by atoms with E-state index in [1.54, 1.807) is 55.2 Å². The molecule has 2 aromatic carbocycles. The molecule has 2 aromatic rings. The van der Waals surface area contributed by atoms with Crippen LogP contribution in [0.1, 0.15) is 126 Å². The van der Waals surface area contributed by atoms with Gasteiger partial charge in [-0.15, -0.1) is 0 Å². The summed E-state index contributed by atoms with van der Waals surface area (Å²) in [5.41, 5.74) is -8.34. The minimum absolute atomic E-state index is 0.0121. The Bertz CT molecular complexity index is 2930. The molecule has 80 heavy (non-hydrogen) atoms. The smallest absolute Gasteiger partial charge is 0.341 e. The lowest BCUT2D eigenvalue weighted by atomic mass is 9.74. The van der Waals surface area contributed by atoms with E-state index >= 15 is 4.79 Å². The topological polar surface area (TPSA) is 306 Å². The van der Waals surface area contributed by atoms with Crippen LogP contribution in [0.3, 0.4) is 0 Å². The van der Waals surface area contributed by atoms with Crippen LogP contribution >= 0.6 is 0 Å². The van der Waals surface area contributed by atoms with E-state index in [1.165, 1.54) is 28.1 Å². The predicted octanol–water partition coefficient (Wildman–Crippen LogP) is 2.55. The largest absolute Gasteiger partial charge is 0.494 e. The molecule has 8 aliphatic rings. The number of hydrogen-bond acceptors (Lipinski definition) is 22. The van der Waals surface area contributed by atoms with Crippen LogP contribution in [0.2, 0.25) is 0 Å². The molecule has 2 aliphatic carbocycles. The van der Waals surface area contributed by atoms with Crippen LogP contribution < -0.4 is 18.9 Å². The molecule has 0 aromatic heterocycles. The minimum Gasteiger partial charge on any atom is -0.494 e. The molecule has 6 aliphatic heterocycles. The summed E-state index contributed by atoms with van der Waals surface area (Å²) < 4.78 is 57.4. The van der Waals surface area contributed by atoms with E-state index in [-0.39, 0.29) is 89.0 Å². The highest BCUT2D eigenvalue weighted by Gasteiger charge is 2.73. The van der Waals surface area contributed by atoms with Gasteiger partial charge in [0.1, 0.15) is 0 Å². The molecular weight excluding hydrogens is 1050 g/mol. The zero-order valence-electron chi connectivity index (χ0n) is 46.3. The van der Waals surface area contributed by atoms with Gasteiger partial charge in [0.25, 0.3) is 11.6 Å². The SMILES string of the molecule is COC(=O)C[C@](O)(CCCC(C)(C)O)C(=O)O[C@@]1(O)C(OC)=C[C@]23CC(C4CC[C@]56C=C(OC)[C@](O)(OC(=O)[C@@](O)(CCC(C)(C)O)CC(=O)OC)[C@H]5c5cc7c(cc5CCN46)OCO7)C(=O)N2CCc2cc4c(cc2[C@H]13)OCO4. The molecule has 2 fully saturated rings. The van der Waals surface area contributed by atoms with Gasteiger partial charge < -0.3 is 82.9 Å². The Balaban J connectivity index is 1.06. The average molecular weight is 1120 g/mol. The van der Waals surface area contributed by atoms with Gasteiger partial charge in [0.15, 0.2) is 45.7 Å². The Hall–Kier alpha value is -6.21. The third kappa shape index (κ3) is 9.38. The van der Waals surface area contributed by atoms with Crippen LogP contribution in [0.5, 0.6) is 23.0 Å². The molecule has 10 atom stereocenters. The van der Waals surface area contributed by atoms with Crippen molar-refractivity contribution in [1.29, 1.82) is 0 Å². The predicted molar refractivity (Wildman–Crippen MR) is 274 cm³/mol. The maximum Gasteiger partial charge on any atom is 0.341 e. The molecule has 0 saturated carbocycles. The lowest BCUT2D eigenvalue weighted by Crippen LogP contribution is -2.57. The highest BCUT2D eigenvalue weighted by molar-refractivity contribution is 5.88. The second-order valence-electron chi connectivity index (χ2n) is 23.9. The maximum absolute atomic E-state index is 15.9. The number of amides is 1. The van der Waals surface area contributed by atoms with Crippen molar-refractivity contribution >= 4 is 29.8 Å². The fraction of sp³-hybridized carbons (Fsp3) is 0.632. The molecule has 23 heteroatoms. The van der Waals surface area contributed by atoms with Crippen LogP contribution in [0.25, 0.3) is 0 Å². The molecular formula is C57H72N2O21. The first kappa shape index (κ1) is 57.0. The van der Waals surface area contributed by atoms with Crippen LogP contribution in [-0.2, 0) is 65.2 Å². The highest BCUT2D eigenvalue weighted by Crippen LogP contribution is 2.65. The summed E-state index contributed by atoms with van der Waals surface area (Å²) in [6.07, 6.45) is 1.84. The standard InChI is InChI=1S/C57H72N2O21/c1-50(2,65)13-9-14-54(67,27-43(60)73-7)48(63)79-57(70)42(72-6)26-53-24-35(47(62)59(53)19-12-32-21-38-40(78-30-76-38)23-34(32)46(53)57)36-10-15-52-25-41(71-5)56(69,80-49(64)55(68,28-44(61)74-8)17-16-51(3,4)66)45(52)33-22-39-37(75-29-77-39)20-31(33)11-18-58(36)52/h20-23,25-26,35-36,45-46,65-70H,9-19,24,27-30H2,1-8H3/t35?,36?,45-,46-,52-,53-,54+,55+,56-,57-/m0/s1. The number of esters is 4. The third-order valence-electron chi connectivity index (χ3n) is 17.8. The van der Waals surface area contributed by atoms with Gasteiger partial charge in [-0.2, -0.15) is 0 Å². The number of carbonyl (C=O) groups is 5. The molecule has 10 rings (SSSR count). The number of rotatable bonds is 18. The monoisotopic (exact) mass is 1120 g/mol. The van der Waals surface area contributed by atoms with Crippen molar-refractivity contribution < 1.29 is 102 Å². The Morgan fingerprint density at radius 2 is 1.10 bits per heavy atom. The van der Waals surface area contributed by atoms with E-state index in [4.69, 9.17) is 47.4 Å². The fourth-order valence-corrected chi connectivity index (χ4v) is 14.0. The van der Waals surface area contributed by atoms with Gasteiger partial charge >= 0.3 is 23.9 Å². The fourth-order valence-electron chi connectivity index (χ4n) is 14.0. The summed E-state index contributed by atoms with van der Waals surface area (Å²) in [4.78, 5) is 74.8. The Kier molecular flexibility index (Phi) is 14.3. The molecule has 2 saturated heterocycles. The van der Waals surface area contributed by atoms with E-state index in [0.29, 0.717) is 58.1 Å². The molecule has 1 amide bonds. The average Bonchev–Trinajstić information content (AvgIpc) is 4.14. The molecule has 0 radical (unpaired) electrons. The number of ether oxygens (including phenoxy) is 10. The number of hydrogen-bond donors (Lipinski definition) is 6.